The van der Waals surface area contributed by atoms with E-state index in [1.807, 2.05) is 24.3 Å². The average Bonchev–Trinajstić information content (AvgIpc) is 3.78. The standard InChI is InChI=1S/C50H49N3O14S/c1-3-44(54)62-29-60-36-17-21-38(22-18-36)64-46(56)31-9-11-33(12-10-31)48(58)66-40-25-26-42(35(27-40)28-51-53-50-52-41-7-5-6-8-43(41)68-50)67-49(59)34-15-13-32(14-16-34)47(57)65-39-23-19-37(20-24-39)61-30-63-45(55)4-2/h3-8,17-27,31-34,51H,1-2,9-16,28-30H2,(H,52,53). The van der Waals surface area contributed by atoms with Gasteiger partial charge in [-0.05, 0) is 130 Å². The number of rotatable bonds is 20. The van der Waals surface area contributed by atoms with Gasteiger partial charge in [-0.25, -0.2) is 20.0 Å². The molecule has 0 bridgehead atoms. The first-order valence-corrected chi connectivity index (χ1v) is 22.7. The van der Waals surface area contributed by atoms with Gasteiger partial charge < -0.3 is 37.9 Å². The smallest absolute Gasteiger partial charge is 0.333 e. The zero-order valence-corrected chi connectivity index (χ0v) is 37.7. The van der Waals surface area contributed by atoms with Crippen molar-refractivity contribution in [1.82, 2.24) is 10.4 Å². The lowest BCUT2D eigenvalue weighted by atomic mass is 9.82. The summed E-state index contributed by atoms with van der Waals surface area (Å²) < 4.78 is 44.3. The number of nitrogens with one attached hydrogen (secondary N) is 2. The van der Waals surface area contributed by atoms with Gasteiger partial charge in [0.1, 0.15) is 34.5 Å². The van der Waals surface area contributed by atoms with Crippen LogP contribution in [0, 0.1) is 23.7 Å². The molecule has 17 nitrogen and oxygen atoms in total. The second-order valence-electron chi connectivity index (χ2n) is 15.8. The summed E-state index contributed by atoms with van der Waals surface area (Å²) in [5.74, 6) is -2.61. The van der Waals surface area contributed by atoms with Crippen LogP contribution in [-0.2, 0) is 44.8 Å². The molecule has 5 aromatic rings. The SMILES string of the molecule is C=CC(=O)OCOc1ccc(OC(=O)C2CCC(C(=O)Oc3ccc(OC(=O)C4CCC(C(=O)Oc5ccc(OCOC(=O)C=C)cc5)CC4)c(CNNc4nc5ccccc5s4)c3)CC2)cc1. The number of nitrogens with zero attached hydrogens (tertiary/aromatic N) is 1. The van der Waals surface area contributed by atoms with Gasteiger partial charge in [-0.1, -0.05) is 36.6 Å². The molecule has 2 aliphatic rings. The van der Waals surface area contributed by atoms with Crippen LogP contribution >= 0.6 is 11.3 Å². The Balaban J connectivity index is 0.906. The molecule has 0 aliphatic heterocycles. The van der Waals surface area contributed by atoms with Gasteiger partial charge in [0, 0.05) is 24.3 Å². The van der Waals surface area contributed by atoms with E-state index in [2.05, 4.69) is 29.0 Å². The van der Waals surface area contributed by atoms with Crippen molar-refractivity contribution in [2.45, 2.75) is 57.9 Å². The Morgan fingerprint density at radius 2 is 0.985 bits per heavy atom. The molecule has 0 saturated heterocycles. The summed E-state index contributed by atoms with van der Waals surface area (Å²) >= 11 is 1.46. The lowest BCUT2D eigenvalue weighted by molar-refractivity contribution is -0.145. The fraction of sp³-hybridized carbons (Fsp3) is 0.300. The van der Waals surface area contributed by atoms with Crippen LogP contribution in [0.2, 0.25) is 0 Å². The molecule has 0 unspecified atom stereocenters. The highest BCUT2D eigenvalue weighted by atomic mass is 32.1. The van der Waals surface area contributed by atoms with Crippen LogP contribution in [0.4, 0.5) is 5.13 Å². The van der Waals surface area contributed by atoms with E-state index >= 15 is 0 Å². The predicted octanol–water partition coefficient (Wildman–Crippen LogP) is 8.18. The van der Waals surface area contributed by atoms with E-state index in [9.17, 15) is 28.8 Å². The molecule has 68 heavy (non-hydrogen) atoms. The molecular formula is C50H49N3O14S. The largest absolute Gasteiger partial charge is 0.457 e. The van der Waals surface area contributed by atoms with E-state index in [1.54, 1.807) is 66.7 Å². The number of carbonyl (C=O) groups excluding carboxylic acids is 6. The Labute approximate surface area is 395 Å². The van der Waals surface area contributed by atoms with Crippen LogP contribution in [-0.4, -0.2) is 54.4 Å². The minimum Gasteiger partial charge on any atom is -0.457 e. The van der Waals surface area contributed by atoms with Crippen LogP contribution in [0.1, 0.15) is 56.9 Å². The minimum absolute atomic E-state index is 0.159. The second kappa shape index (κ2) is 23.7. The van der Waals surface area contributed by atoms with E-state index < -0.39 is 59.5 Å². The minimum atomic E-state index is -0.613. The van der Waals surface area contributed by atoms with Gasteiger partial charge in [-0.2, -0.15) is 0 Å². The number of anilines is 1. The molecule has 2 N–H and O–H groups in total. The monoisotopic (exact) mass is 947 g/mol. The zero-order valence-electron chi connectivity index (χ0n) is 36.9. The lowest BCUT2D eigenvalue weighted by Crippen LogP contribution is -2.31. The summed E-state index contributed by atoms with van der Waals surface area (Å²) in [6.07, 6.45) is 5.45. The quantitative estimate of drug-likeness (QED) is 0.0247. The third-order valence-corrected chi connectivity index (χ3v) is 12.2. The van der Waals surface area contributed by atoms with E-state index in [0.29, 0.717) is 85.1 Å². The van der Waals surface area contributed by atoms with Crippen LogP contribution < -0.4 is 39.3 Å². The van der Waals surface area contributed by atoms with Gasteiger partial charge in [-0.15, -0.1) is 0 Å². The molecule has 0 radical (unpaired) electrons. The van der Waals surface area contributed by atoms with Crippen molar-refractivity contribution in [2.75, 3.05) is 19.0 Å². The van der Waals surface area contributed by atoms with E-state index in [0.717, 1.165) is 22.4 Å². The highest BCUT2D eigenvalue weighted by molar-refractivity contribution is 7.22. The van der Waals surface area contributed by atoms with Gasteiger partial charge in [-0.3, -0.25) is 24.6 Å². The number of aromatic nitrogens is 1. The average molecular weight is 948 g/mol. The van der Waals surface area contributed by atoms with Crippen LogP contribution in [0.5, 0.6) is 34.5 Å². The van der Waals surface area contributed by atoms with Crippen molar-refractivity contribution >= 4 is 62.5 Å². The molecule has 2 aliphatic carbocycles. The van der Waals surface area contributed by atoms with Crippen molar-refractivity contribution in [2.24, 2.45) is 23.7 Å². The first kappa shape index (κ1) is 48.4. The third-order valence-electron chi connectivity index (χ3n) is 11.3. The Morgan fingerprint density at radius 3 is 1.46 bits per heavy atom. The van der Waals surface area contributed by atoms with Crippen molar-refractivity contribution in [3.8, 4) is 34.5 Å². The second-order valence-corrected chi connectivity index (χ2v) is 16.8. The molecule has 0 atom stereocenters. The van der Waals surface area contributed by atoms with Crippen molar-refractivity contribution in [1.29, 1.82) is 0 Å². The zero-order chi connectivity index (χ0) is 47.8. The highest BCUT2D eigenvalue weighted by Gasteiger charge is 2.34. The number of hydrogen-bond acceptors (Lipinski definition) is 18. The van der Waals surface area contributed by atoms with Crippen molar-refractivity contribution < 1.29 is 66.7 Å². The topological polar surface area (TPSA) is 213 Å². The molecule has 1 heterocycles. The third kappa shape index (κ3) is 13.7. The van der Waals surface area contributed by atoms with Crippen molar-refractivity contribution in [3.05, 3.63) is 122 Å². The fourth-order valence-electron chi connectivity index (χ4n) is 7.55. The number of hydrogen-bond donors (Lipinski definition) is 2. The first-order valence-electron chi connectivity index (χ1n) is 21.9. The fourth-order valence-corrected chi connectivity index (χ4v) is 8.39. The van der Waals surface area contributed by atoms with E-state index in [-0.39, 0.29) is 31.6 Å². The van der Waals surface area contributed by atoms with Crippen LogP contribution in [0.15, 0.2) is 116 Å². The van der Waals surface area contributed by atoms with Gasteiger partial charge in [0.25, 0.3) is 0 Å². The Kier molecular flexibility index (Phi) is 16.9. The maximum Gasteiger partial charge on any atom is 0.333 e. The lowest BCUT2D eigenvalue weighted by Gasteiger charge is -2.26. The van der Waals surface area contributed by atoms with Crippen LogP contribution in [0.3, 0.4) is 0 Å². The maximum absolute atomic E-state index is 13.6. The number of esters is 6. The molecule has 1 aromatic heterocycles. The maximum atomic E-state index is 13.6. The Bertz CT molecular complexity index is 2570. The summed E-state index contributed by atoms with van der Waals surface area (Å²) in [6, 6.07) is 25.2. The number of benzene rings is 4. The summed E-state index contributed by atoms with van der Waals surface area (Å²) in [4.78, 5) is 80.1. The summed E-state index contributed by atoms with van der Waals surface area (Å²) in [5, 5.41) is 0.630. The normalized spacial score (nSPS) is 17.6. The summed E-state index contributed by atoms with van der Waals surface area (Å²) in [7, 11) is 0. The predicted molar refractivity (Wildman–Crippen MR) is 246 cm³/mol. The van der Waals surface area contributed by atoms with Gasteiger partial charge in [0.05, 0.1) is 33.9 Å². The Hall–Kier alpha value is -7.57. The van der Waals surface area contributed by atoms with E-state index in [1.165, 1.54) is 11.3 Å². The van der Waals surface area contributed by atoms with Gasteiger partial charge in [0.15, 0.2) is 5.13 Å². The van der Waals surface area contributed by atoms with Gasteiger partial charge >= 0.3 is 35.8 Å². The van der Waals surface area contributed by atoms with Gasteiger partial charge in [0.2, 0.25) is 13.6 Å². The molecule has 354 valence electrons. The molecule has 7 rings (SSSR count). The molecule has 0 spiro atoms. The summed E-state index contributed by atoms with van der Waals surface area (Å²) in [6.45, 7) is 6.22. The number of ether oxygens (including phenoxy) is 8. The Morgan fingerprint density at radius 1 is 0.559 bits per heavy atom. The molecule has 0 amide bonds. The number of carbonyl (C=O) groups is 6. The molecular weight excluding hydrogens is 899 g/mol. The summed E-state index contributed by atoms with van der Waals surface area (Å²) in [5.41, 5.74) is 7.62. The number of thiazole rings is 1. The number of hydrazine groups is 1. The molecule has 2 saturated carbocycles. The first-order chi connectivity index (χ1) is 33.0. The number of fused-ring (bicyclic) bond motifs is 1. The van der Waals surface area contributed by atoms with Crippen molar-refractivity contribution in [3.63, 3.8) is 0 Å². The number of para-hydroxylation sites is 1. The molecule has 4 aromatic carbocycles. The van der Waals surface area contributed by atoms with E-state index in [4.69, 9.17) is 37.9 Å². The highest BCUT2D eigenvalue weighted by Crippen LogP contribution is 2.35. The van der Waals surface area contributed by atoms with Crippen LogP contribution in [0.25, 0.3) is 10.2 Å². The molecule has 2 fully saturated rings. The molecule has 18 heteroatoms.